The van der Waals surface area contributed by atoms with Crippen LogP contribution >= 0.6 is 23.3 Å². The predicted molar refractivity (Wildman–Crippen MR) is 141 cm³/mol. The van der Waals surface area contributed by atoms with Crippen LogP contribution in [0.25, 0.3) is 0 Å². The zero-order chi connectivity index (χ0) is 22.3. The van der Waals surface area contributed by atoms with E-state index in [1.165, 1.54) is 58.8 Å². The molecule has 4 bridgehead atoms. The van der Waals surface area contributed by atoms with Crippen LogP contribution in [0.15, 0.2) is 99.6 Å². The summed E-state index contributed by atoms with van der Waals surface area (Å²) in [4.78, 5) is 3.97. The lowest BCUT2D eigenvalue weighted by molar-refractivity contribution is -0.0994. The van der Waals surface area contributed by atoms with Crippen molar-refractivity contribution in [3.8, 4) is 0 Å². The molecule has 0 saturated heterocycles. The number of rotatable bonds is 7. The van der Waals surface area contributed by atoms with Gasteiger partial charge in [-0.25, -0.2) is 0 Å². The van der Waals surface area contributed by atoms with Gasteiger partial charge < -0.3 is 4.74 Å². The van der Waals surface area contributed by atoms with E-state index in [-0.39, 0.29) is 0 Å². The molecule has 0 atom stereocenters. The molecule has 0 amide bonds. The van der Waals surface area contributed by atoms with Gasteiger partial charge in [0.15, 0.2) is 0 Å². The second-order valence-electron chi connectivity index (χ2n) is 10.7. The minimum absolute atomic E-state index is 0.491. The van der Waals surface area contributed by atoms with Gasteiger partial charge in [0.25, 0.3) is 0 Å². The van der Waals surface area contributed by atoms with Gasteiger partial charge >= 0.3 is 0 Å². The molecular weight excluding hydrogens is 488 g/mol. The van der Waals surface area contributed by atoms with E-state index in [2.05, 4.69) is 99.7 Å². The summed E-state index contributed by atoms with van der Waals surface area (Å²) < 4.78 is 6.39. The lowest BCUT2D eigenvalue weighted by atomic mass is 9.50. The highest BCUT2D eigenvalue weighted by Gasteiger charge is 2.50. The lowest BCUT2D eigenvalue weighted by Crippen LogP contribution is -2.48. The van der Waals surface area contributed by atoms with Crippen LogP contribution in [0.3, 0.4) is 0 Å². The molecule has 3 aromatic carbocycles. The van der Waals surface area contributed by atoms with Gasteiger partial charge in [-0.1, -0.05) is 48.5 Å². The first-order valence-corrected chi connectivity index (χ1v) is 15.9. The first kappa shape index (κ1) is 21.9. The molecule has 4 fully saturated rings. The van der Waals surface area contributed by atoms with Crippen molar-refractivity contribution in [2.75, 3.05) is 6.61 Å². The summed E-state index contributed by atoms with van der Waals surface area (Å²) in [7, 11) is -1.47. The van der Waals surface area contributed by atoms with Crippen molar-refractivity contribution in [2.45, 2.75) is 59.8 Å². The van der Waals surface area contributed by atoms with E-state index in [1.807, 2.05) is 0 Å². The van der Waals surface area contributed by atoms with E-state index in [0.717, 1.165) is 31.0 Å². The van der Waals surface area contributed by atoms with Gasteiger partial charge in [0.2, 0.25) is 0 Å². The maximum absolute atomic E-state index is 6.39. The summed E-state index contributed by atoms with van der Waals surface area (Å²) in [6.45, 7) is 1.68. The molecule has 7 rings (SSSR count). The molecule has 4 aliphatic carbocycles. The monoisotopic (exact) mass is 520 g/mol. The normalized spacial score (nSPS) is 28.7. The molecule has 0 radical (unpaired) electrons. The largest absolute Gasteiger partial charge is 0.376 e. The van der Waals surface area contributed by atoms with Crippen LogP contribution in [0, 0.1) is 23.2 Å². The third-order valence-corrected chi connectivity index (χ3v) is 14.4. The molecule has 0 spiro atoms. The maximum atomic E-state index is 6.39. The maximum Gasteiger partial charge on any atom is 0.0717 e. The van der Waals surface area contributed by atoms with Gasteiger partial charge in [0.05, 0.1) is 13.2 Å². The van der Waals surface area contributed by atoms with Crippen LogP contribution in [-0.2, 0) is 11.3 Å². The van der Waals surface area contributed by atoms with E-state index < -0.39 is 8.46 Å². The van der Waals surface area contributed by atoms with E-state index in [4.69, 9.17) is 4.74 Å². The smallest absolute Gasteiger partial charge is 0.0717 e. The van der Waals surface area contributed by atoms with Crippen LogP contribution < -0.4 is 0 Å². The Kier molecular flexibility index (Phi) is 5.92. The summed E-state index contributed by atoms with van der Waals surface area (Å²) in [6.07, 6.45) is 8.76. The van der Waals surface area contributed by atoms with Crippen LogP contribution in [0.1, 0.15) is 44.1 Å². The summed E-state index contributed by atoms with van der Waals surface area (Å²) >= 11 is 4.23. The highest BCUT2D eigenvalue weighted by atomic mass is 79.9. The van der Waals surface area contributed by atoms with Gasteiger partial charge in [0, 0.05) is 14.7 Å². The summed E-state index contributed by atoms with van der Waals surface area (Å²) in [5.74, 6) is 2.97. The molecule has 1 nitrogen and oxygen atoms in total. The molecule has 172 valence electrons. The van der Waals surface area contributed by atoms with Crippen LogP contribution in [0.2, 0.25) is 0 Å². The van der Waals surface area contributed by atoms with Crippen molar-refractivity contribution in [3.05, 3.63) is 90.5 Å². The Morgan fingerprint density at radius 3 is 1.61 bits per heavy atom. The average Bonchev–Trinajstić information content (AvgIpc) is 2.84. The van der Waals surface area contributed by atoms with E-state index in [1.54, 1.807) is 0 Å². The molecule has 0 N–H and O–H groups in total. The quantitative estimate of drug-likeness (QED) is 0.301. The molecule has 3 aromatic rings. The number of benzene rings is 3. The minimum atomic E-state index is -1.47. The van der Waals surface area contributed by atoms with Gasteiger partial charge in [-0.2, -0.15) is 0 Å². The average molecular weight is 522 g/mol. The summed E-state index contributed by atoms with van der Waals surface area (Å²) in [6, 6.07) is 30.8. The molecular formula is C30H33BrOS. The van der Waals surface area contributed by atoms with Crippen molar-refractivity contribution in [3.63, 3.8) is 0 Å². The predicted octanol–water partition coefficient (Wildman–Crippen LogP) is 9.01. The second-order valence-corrected chi connectivity index (χ2v) is 16.1. The number of ether oxygens (including phenoxy) is 1. The fraction of sp³-hybridized carbons (Fsp3) is 0.400. The number of hydrogen-bond acceptors (Lipinski definition) is 1. The number of hydrogen-bond donors (Lipinski definition) is 0. The van der Waals surface area contributed by atoms with Crippen molar-refractivity contribution in [2.24, 2.45) is 23.2 Å². The second kappa shape index (κ2) is 8.91. The van der Waals surface area contributed by atoms with Crippen molar-refractivity contribution < 1.29 is 4.74 Å². The van der Waals surface area contributed by atoms with Gasteiger partial charge in [-0.3, -0.25) is 0 Å². The molecule has 4 aliphatic rings. The van der Waals surface area contributed by atoms with Crippen molar-refractivity contribution in [1.29, 1.82) is 0 Å². The standard InChI is InChI=1S/C30H33BrOS/c31-33(27-7-3-1-4-8-27,28-9-5-2-6-10-28)29-13-11-23(12-14-29)21-32-22-30-18-24-15-25(19-30)17-26(16-24)20-30/h1-14,24-26H,15-22H2. The SMILES string of the molecule is BrS(c1ccccc1)(c1ccccc1)c1ccc(COCC23CC4CC(CC(C4)C2)C3)cc1. The first-order chi connectivity index (χ1) is 16.1. The van der Waals surface area contributed by atoms with Crippen molar-refractivity contribution in [1.82, 2.24) is 0 Å². The molecule has 33 heavy (non-hydrogen) atoms. The lowest BCUT2D eigenvalue weighted by Gasteiger charge is -2.56. The summed E-state index contributed by atoms with van der Waals surface area (Å²) in [5, 5.41) is 0. The van der Waals surface area contributed by atoms with E-state index in [9.17, 15) is 0 Å². The Bertz CT molecular complexity index is 1000. The van der Waals surface area contributed by atoms with Crippen LogP contribution in [0.5, 0.6) is 0 Å². The van der Waals surface area contributed by atoms with Gasteiger partial charge in [0.1, 0.15) is 0 Å². The topological polar surface area (TPSA) is 9.23 Å². The molecule has 0 aromatic heterocycles. The van der Waals surface area contributed by atoms with Crippen LogP contribution in [0.4, 0.5) is 0 Å². The Labute approximate surface area is 207 Å². The number of halogens is 1. The fourth-order valence-corrected chi connectivity index (χ4v) is 11.6. The molecule has 3 heteroatoms. The zero-order valence-corrected chi connectivity index (χ0v) is 21.6. The Hall–Kier alpha value is -1.55. The van der Waals surface area contributed by atoms with E-state index >= 15 is 0 Å². The Morgan fingerprint density at radius 1 is 0.667 bits per heavy atom. The zero-order valence-electron chi connectivity index (χ0n) is 19.2. The molecule has 0 unspecified atom stereocenters. The third kappa shape index (κ3) is 4.22. The fourth-order valence-electron chi connectivity index (χ4n) is 7.25. The third-order valence-electron chi connectivity index (χ3n) is 8.23. The van der Waals surface area contributed by atoms with Gasteiger partial charge in [-0.05, 0) is 118 Å². The van der Waals surface area contributed by atoms with E-state index in [0.29, 0.717) is 5.41 Å². The Morgan fingerprint density at radius 2 is 1.12 bits per heavy atom. The van der Waals surface area contributed by atoms with Crippen LogP contribution in [-0.4, -0.2) is 6.61 Å². The molecule has 0 heterocycles. The minimum Gasteiger partial charge on any atom is -0.376 e. The first-order valence-electron chi connectivity index (χ1n) is 12.4. The summed E-state index contributed by atoms with van der Waals surface area (Å²) in [5.41, 5.74) is 1.77. The van der Waals surface area contributed by atoms with Crippen molar-refractivity contribution >= 4 is 23.3 Å². The molecule has 0 aliphatic heterocycles. The highest BCUT2D eigenvalue weighted by Crippen LogP contribution is 2.73. The molecule has 4 saturated carbocycles. The van der Waals surface area contributed by atoms with Gasteiger partial charge in [-0.15, -0.1) is 8.46 Å². The Balaban J connectivity index is 1.18. The highest BCUT2D eigenvalue weighted by molar-refractivity contribution is 9.58.